The van der Waals surface area contributed by atoms with Crippen LogP contribution in [0.5, 0.6) is 0 Å². The smallest absolute Gasteiger partial charge is 0.454 e. The van der Waals surface area contributed by atoms with Crippen LogP contribution in [0.3, 0.4) is 0 Å². The Balaban J connectivity index is 1.54. The van der Waals surface area contributed by atoms with Crippen molar-refractivity contribution in [2.24, 2.45) is 0 Å². The van der Waals surface area contributed by atoms with Crippen LogP contribution in [0.4, 0.5) is 17.6 Å². The number of ether oxygens (including phenoxy) is 3. The Bertz CT molecular complexity index is 1400. The van der Waals surface area contributed by atoms with E-state index < -0.39 is 74.8 Å². The number of nitrogens with zero attached hydrogens (tertiary/aromatic N) is 1. The van der Waals surface area contributed by atoms with Crippen molar-refractivity contribution < 1.29 is 54.7 Å². The van der Waals surface area contributed by atoms with Crippen molar-refractivity contribution in [2.75, 3.05) is 19.8 Å². The van der Waals surface area contributed by atoms with E-state index in [1.807, 2.05) is 4.98 Å². The van der Waals surface area contributed by atoms with Gasteiger partial charge in [-0.1, -0.05) is 23.7 Å². The lowest BCUT2D eigenvalue weighted by atomic mass is 9.98. The SMILES string of the molecule is C[C@@]1(F)[C@H](OC(=O)COC(F)(F)F)[C@@H](CO[P@@]2(=O)OCC[C@@H](c3cccc(Cl)c3)O2)O[C@H]1n1ccc(=O)[nH]c1=O. The molecule has 2 fully saturated rings. The lowest BCUT2D eigenvalue weighted by Gasteiger charge is -2.30. The van der Waals surface area contributed by atoms with Gasteiger partial charge in [-0.25, -0.2) is 18.5 Å². The highest BCUT2D eigenvalue weighted by molar-refractivity contribution is 7.48. The summed E-state index contributed by atoms with van der Waals surface area (Å²) >= 11 is 6.00. The molecule has 0 saturated carbocycles. The summed E-state index contributed by atoms with van der Waals surface area (Å²) < 4.78 is 97.0. The quantitative estimate of drug-likeness (QED) is 0.265. The van der Waals surface area contributed by atoms with Gasteiger partial charge in [0, 0.05) is 23.7 Å². The number of alkyl halides is 4. The molecule has 2 aromatic rings. The lowest BCUT2D eigenvalue weighted by Crippen LogP contribution is -2.46. The van der Waals surface area contributed by atoms with E-state index in [-0.39, 0.29) is 13.0 Å². The molecule has 2 aliphatic rings. The molecule has 18 heteroatoms. The van der Waals surface area contributed by atoms with E-state index in [1.54, 1.807) is 24.3 Å². The van der Waals surface area contributed by atoms with Gasteiger partial charge in [0.2, 0.25) is 0 Å². The molecule has 0 radical (unpaired) electrons. The molecule has 2 aliphatic heterocycles. The lowest BCUT2D eigenvalue weighted by molar-refractivity contribution is -0.323. The third-order valence-electron chi connectivity index (χ3n) is 5.90. The molecule has 2 saturated heterocycles. The summed E-state index contributed by atoms with van der Waals surface area (Å²) in [6.45, 7) is -1.64. The second-order valence-electron chi connectivity index (χ2n) is 8.85. The van der Waals surface area contributed by atoms with Crippen molar-refractivity contribution in [3.63, 3.8) is 0 Å². The Morgan fingerprint density at radius 2 is 2.05 bits per heavy atom. The van der Waals surface area contributed by atoms with E-state index in [2.05, 4.69) is 4.74 Å². The number of phosphoric ester groups is 1. The number of nitrogens with one attached hydrogen (secondary N) is 1. The molecule has 40 heavy (non-hydrogen) atoms. The minimum atomic E-state index is -5.17. The maximum atomic E-state index is 16.1. The van der Waals surface area contributed by atoms with Gasteiger partial charge in [-0.3, -0.25) is 32.7 Å². The van der Waals surface area contributed by atoms with E-state index in [0.29, 0.717) is 15.2 Å². The number of esters is 1. The molecule has 3 heterocycles. The number of carbonyl (C=O) groups is 1. The number of hydrogen-bond donors (Lipinski definition) is 1. The molecule has 1 aromatic heterocycles. The monoisotopic (exact) mass is 616 g/mol. The number of H-pyrrole nitrogens is 1. The molecule has 0 amide bonds. The van der Waals surface area contributed by atoms with E-state index in [9.17, 15) is 32.1 Å². The Labute approximate surface area is 227 Å². The van der Waals surface area contributed by atoms with Crippen molar-refractivity contribution in [3.8, 4) is 0 Å². The molecular weight excluding hydrogens is 595 g/mol. The molecule has 12 nitrogen and oxygen atoms in total. The zero-order valence-electron chi connectivity index (χ0n) is 20.5. The van der Waals surface area contributed by atoms with Gasteiger partial charge in [-0.05, 0) is 24.6 Å². The third kappa shape index (κ3) is 7.18. The number of halogens is 5. The number of benzene rings is 1. The van der Waals surface area contributed by atoms with Crippen LogP contribution in [0.25, 0.3) is 0 Å². The van der Waals surface area contributed by atoms with E-state index in [0.717, 1.165) is 19.2 Å². The van der Waals surface area contributed by atoms with Crippen LogP contribution in [0, 0.1) is 0 Å². The highest BCUT2D eigenvalue weighted by atomic mass is 35.5. The van der Waals surface area contributed by atoms with Crippen molar-refractivity contribution >= 4 is 25.4 Å². The van der Waals surface area contributed by atoms with Crippen LogP contribution >= 0.6 is 19.4 Å². The van der Waals surface area contributed by atoms with Gasteiger partial charge in [0.25, 0.3) is 5.56 Å². The van der Waals surface area contributed by atoms with Crippen molar-refractivity contribution in [3.05, 3.63) is 68.0 Å². The first-order chi connectivity index (χ1) is 18.7. The van der Waals surface area contributed by atoms with Crippen LogP contribution in [-0.2, 0) is 37.1 Å². The van der Waals surface area contributed by atoms with Gasteiger partial charge in [-0.15, -0.1) is 13.2 Å². The summed E-state index contributed by atoms with van der Waals surface area (Å²) in [5.41, 5.74) is -4.10. The largest absolute Gasteiger partial charge is 0.523 e. The Morgan fingerprint density at radius 1 is 1.30 bits per heavy atom. The fraction of sp³-hybridized carbons (Fsp3) is 0.500. The second kappa shape index (κ2) is 11.7. The van der Waals surface area contributed by atoms with Crippen LogP contribution in [0.1, 0.15) is 31.2 Å². The Morgan fingerprint density at radius 3 is 2.73 bits per heavy atom. The van der Waals surface area contributed by atoms with Gasteiger partial charge in [0.05, 0.1) is 19.3 Å². The molecule has 0 bridgehead atoms. The standard InChI is InChI=1S/C22H22ClF4N2O10P/c1-21(24)18(38-17(31)11-34-22(25,26)27)15(37-19(21)29-7-5-16(30)28-20(29)32)10-36-40(33)35-8-6-14(39-40)12-3-2-4-13(23)9-12/h2-5,7,9,14-15,18-19H,6,8,10-11H2,1H3,(H,28,30,32)/t14-,15+,18+,19+,21+,40+/m0/s1. The predicted octanol–water partition coefficient (Wildman–Crippen LogP) is 3.57. The van der Waals surface area contributed by atoms with E-state index in [1.165, 1.54) is 0 Å². The topological polar surface area (TPSA) is 144 Å². The van der Waals surface area contributed by atoms with Gasteiger partial charge in [0.1, 0.15) is 6.10 Å². The third-order valence-corrected chi connectivity index (χ3v) is 7.61. The van der Waals surface area contributed by atoms with Crippen LogP contribution in [0.15, 0.2) is 46.1 Å². The highest BCUT2D eigenvalue weighted by Gasteiger charge is 2.59. The summed E-state index contributed by atoms with van der Waals surface area (Å²) in [6, 6.07) is 7.42. The number of phosphoric acid groups is 1. The number of carbonyl (C=O) groups excluding carboxylic acids is 1. The fourth-order valence-corrected chi connectivity index (χ4v) is 5.73. The number of aromatic nitrogens is 2. The number of rotatable bonds is 8. The van der Waals surface area contributed by atoms with Crippen LogP contribution < -0.4 is 11.2 Å². The molecule has 1 N–H and O–H groups in total. The average molecular weight is 617 g/mol. The molecule has 220 valence electrons. The first-order valence-corrected chi connectivity index (χ1v) is 13.4. The first kappa shape index (κ1) is 30.4. The minimum Gasteiger partial charge on any atom is -0.454 e. The minimum absolute atomic E-state index is 0.0661. The summed E-state index contributed by atoms with van der Waals surface area (Å²) in [7, 11) is -4.32. The van der Waals surface area contributed by atoms with Crippen molar-refractivity contribution in [1.29, 1.82) is 0 Å². The van der Waals surface area contributed by atoms with Crippen LogP contribution in [0.2, 0.25) is 5.02 Å². The summed E-state index contributed by atoms with van der Waals surface area (Å²) in [5.74, 6) is -1.62. The van der Waals surface area contributed by atoms with Gasteiger partial charge in [0.15, 0.2) is 24.6 Å². The maximum Gasteiger partial charge on any atom is 0.523 e. The normalized spacial score (nSPS) is 30.8. The average Bonchev–Trinajstić information content (AvgIpc) is 3.10. The molecule has 0 spiro atoms. The first-order valence-electron chi connectivity index (χ1n) is 11.6. The van der Waals surface area contributed by atoms with Crippen molar-refractivity contribution in [1.82, 2.24) is 9.55 Å². The zero-order valence-corrected chi connectivity index (χ0v) is 22.1. The number of aromatic amines is 1. The van der Waals surface area contributed by atoms with Gasteiger partial charge < -0.3 is 9.47 Å². The van der Waals surface area contributed by atoms with Gasteiger partial charge >= 0.3 is 25.8 Å². The van der Waals surface area contributed by atoms with Crippen LogP contribution in [-0.4, -0.2) is 59.6 Å². The predicted molar refractivity (Wildman–Crippen MR) is 126 cm³/mol. The van der Waals surface area contributed by atoms with Gasteiger partial charge in [-0.2, -0.15) is 0 Å². The Hall–Kier alpha value is -2.59. The fourth-order valence-electron chi connectivity index (χ4n) is 4.13. The number of hydrogen-bond acceptors (Lipinski definition) is 10. The van der Waals surface area contributed by atoms with Crippen molar-refractivity contribution in [2.45, 2.75) is 49.9 Å². The molecular formula is C22H22ClF4N2O10P. The molecule has 0 aliphatic carbocycles. The molecule has 1 aromatic carbocycles. The zero-order chi connectivity index (χ0) is 29.3. The maximum absolute atomic E-state index is 16.1. The summed E-state index contributed by atoms with van der Waals surface area (Å²) in [4.78, 5) is 37.7. The summed E-state index contributed by atoms with van der Waals surface area (Å²) in [6.07, 6.45) is -10.2. The molecule has 0 unspecified atom stereocenters. The summed E-state index contributed by atoms with van der Waals surface area (Å²) in [5, 5.41) is 0.396. The second-order valence-corrected chi connectivity index (χ2v) is 10.9. The molecule has 6 atom stereocenters. The van der Waals surface area contributed by atoms with E-state index in [4.69, 9.17) is 34.6 Å². The highest BCUT2D eigenvalue weighted by Crippen LogP contribution is 2.57. The molecule has 4 rings (SSSR count). The Kier molecular flexibility index (Phi) is 8.90. The van der Waals surface area contributed by atoms with E-state index >= 15 is 4.39 Å².